The van der Waals surface area contributed by atoms with E-state index < -0.39 is 29.1 Å². The highest BCUT2D eigenvalue weighted by Gasteiger charge is 2.20. The van der Waals surface area contributed by atoms with Crippen LogP contribution >= 0.6 is 0 Å². The highest BCUT2D eigenvalue weighted by atomic mass is 32.3. The molecule has 4 atom stereocenters. The van der Waals surface area contributed by atoms with Crippen LogP contribution in [0.5, 0.6) is 0 Å². The molecule has 0 fully saturated rings. The molecule has 0 aliphatic rings. The van der Waals surface area contributed by atoms with Gasteiger partial charge in [-0.1, -0.05) is 65.2 Å². The topological polar surface area (TPSA) is 137 Å². The van der Waals surface area contributed by atoms with E-state index in [9.17, 15) is 8.42 Å². The lowest BCUT2D eigenvalue weighted by Gasteiger charge is -2.30. The Hall–Kier alpha value is -0.330. The highest BCUT2D eigenvalue weighted by Crippen LogP contribution is 2.13. The number of unbranched alkanes of at least 4 members (excludes halogenated alkanes) is 7. The van der Waals surface area contributed by atoms with E-state index in [0.29, 0.717) is 0 Å². The van der Waals surface area contributed by atoms with Crippen LogP contribution in [0.25, 0.3) is 0 Å². The van der Waals surface area contributed by atoms with Gasteiger partial charge >= 0.3 is 10.4 Å². The van der Waals surface area contributed by atoms with E-state index in [1.165, 1.54) is 70.6 Å². The molecule has 0 aromatic heterocycles. The van der Waals surface area contributed by atoms with Crippen LogP contribution in [0.15, 0.2) is 0 Å². The van der Waals surface area contributed by atoms with Gasteiger partial charge in [-0.15, -0.1) is 0 Å². The van der Waals surface area contributed by atoms with E-state index >= 15 is 0 Å². The maximum atomic E-state index is 10.4. The number of ether oxygens (including phenoxy) is 1. The summed E-state index contributed by atoms with van der Waals surface area (Å²) < 4.78 is 38.9. The molecule has 0 radical (unpaired) electrons. The average Bonchev–Trinajstić information content (AvgIpc) is 2.64. The standard InChI is InChI=1S/C15H32O5S.C6H15NO3/c1-3-5-6-7-8-9-10-11-12-15(4-2)19-13-14-20-21(16,17)18;1-4(8)7(5(2)9)6(3)10/h15H,3-14H2,1-2H3,(H,16,17,18);4-6,8-10H,1-3H3. The minimum absolute atomic E-state index is 0.132. The molecule has 0 amide bonds. The number of rotatable bonds is 18. The van der Waals surface area contributed by atoms with Gasteiger partial charge in [0.05, 0.1) is 19.3 Å². The van der Waals surface area contributed by atoms with Gasteiger partial charge in [0.25, 0.3) is 0 Å². The Morgan fingerprint density at radius 2 is 1.23 bits per heavy atom. The molecule has 31 heavy (non-hydrogen) atoms. The van der Waals surface area contributed by atoms with Crippen molar-refractivity contribution in [3.63, 3.8) is 0 Å². The van der Waals surface area contributed by atoms with E-state index in [2.05, 4.69) is 18.0 Å². The van der Waals surface area contributed by atoms with Crippen molar-refractivity contribution < 1.29 is 37.2 Å². The molecular weight excluding hydrogens is 426 g/mol. The number of aliphatic hydroxyl groups excluding tert-OH is 3. The van der Waals surface area contributed by atoms with Crippen molar-refractivity contribution in [2.75, 3.05) is 13.2 Å². The highest BCUT2D eigenvalue weighted by molar-refractivity contribution is 7.80. The monoisotopic (exact) mass is 473 g/mol. The fraction of sp³-hybridized carbons (Fsp3) is 1.00. The summed E-state index contributed by atoms with van der Waals surface area (Å²) in [5.74, 6) is 0. The molecule has 4 unspecified atom stereocenters. The second-order valence-electron chi connectivity index (χ2n) is 7.76. The molecule has 0 bridgehead atoms. The van der Waals surface area contributed by atoms with Gasteiger partial charge in [0.2, 0.25) is 0 Å². The maximum Gasteiger partial charge on any atom is 0.397 e. The largest absolute Gasteiger partial charge is 0.397 e. The summed E-state index contributed by atoms with van der Waals surface area (Å²) in [5, 5.41) is 26.9. The number of aliphatic hydroxyl groups is 3. The Kier molecular flexibility index (Phi) is 21.5. The van der Waals surface area contributed by atoms with Crippen LogP contribution in [0, 0.1) is 0 Å². The fourth-order valence-corrected chi connectivity index (χ4v) is 3.48. The molecule has 0 aromatic carbocycles. The zero-order chi connectivity index (χ0) is 24.3. The smallest absolute Gasteiger partial charge is 0.379 e. The molecule has 0 spiro atoms. The molecular formula is C21H47NO8S. The van der Waals surface area contributed by atoms with Gasteiger partial charge in [-0.25, -0.2) is 9.08 Å². The summed E-state index contributed by atoms with van der Waals surface area (Å²) in [6, 6.07) is 0. The molecule has 0 aliphatic carbocycles. The van der Waals surface area contributed by atoms with Crippen molar-refractivity contribution in [1.29, 1.82) is 0 Å². The third-order valence-corrected chi connectivity index (χ3v) is 5.26. The van der Waals surface area contributed by atoms with Gasteiger partial charge in [0.15, 0.2) is 0 Å². The lowest BCUT2D eigenvalue weighted by atomic mass is 10.0. The van der Waals surface area contributed by atoms with Gasteiger partial charge in [-0.2, -0.15) is 8.42 Å². The van der Waals surface area contributed by atoms with Crippen molar-refractivity contribution in [1.82, 2.24) is 4.90 Å². The Bertz CT molecular complexity index is 467. The van der Waals surface area contributed by atoms with E-state index in [0.717, 1.165) is 19.3 Å². The average molecular weight is 474 g/mol. The first-order chi connectivity index (χ1) is 14.5. The summed E-state index contributed by atoms with van der Waals surface area (Å²) in [5.41, 5.74) is 0. The molecule has 0 rings (SSSR count). The number of hydrogen-bond donors (Lipinski definition) is 4. The van der Waals surface area contributed by atoms with Crippen LogP contribution in [0.3, 0.4) is 0 Å². The number of hydrogen-bond acceptors (Lipinski definition) is 8. The lowest BCUT2D eigenvalue weighted by molar-refractivity contribution is -0.159. The summed E-state index contributed by atoms with van der Waals surface area (Å²) in [4.78, 5) is 1.17. The SMILES string of the molecule is CC(O)N(C(C)O)C(C)O.CCCCCCCCCCC(CC)OCCOS(=O)(=O)O. The molecule has 190 valence electrons. The van der Waals surface area contributed by atoms with Crippen LogP contribution in [-0.4, -0.2) is 71.2 Å². The van der Waals surface area contributed by atoms with Gasteiger partial charge in [0, 0.05) is 0 Å². The maximum absolute atomic E-state index is 10.4. The van der Waals surface area contributed by atoms with E-state index in [4.69, 9.17) is 24.6 Å². The van der Waals surface area contributed by atoms with Crippen molar-refractivity contribution in [3.05, 3.63) is 0 Å². The van der Waals surface area contributed by atoms with Crippen LogP contribution in [0.4, 0.5) is 0 Å². The molecule has 4 N–H and O–H groups in total. The molecule has 0 aromatic rings. The third-order valence-electron chi connectivity index (χ3n) is 4.80. The third kappa shape index (κ3) is 22.6. The van der Waals surface area contributed by atoms with Gasteiger partial charge < -0.3 is 20.1 Å². The Morgan fingerprint density at radius 1 is 0.774 bits per heavy atom. The first-order valence-electron chi connectivity index (χ1n) is 11.5. The Morgan fingerprint density at radius 3 is 1.58 bits per heavy atom. The first-order valence-corrected chi connectivity index (χ1v) is 12.9. The van der Waals surface area contributed by atoms with Crippen molar-refractivity contribution in [2.45, 2.75) is 124 Å². The molecule has 10 heteroatoms. The predicted molar refractivity (Wildman–Crippen MR) is 122 cm³/mol. The lowest BCUT2D eigenvalue weighted by Crippen LogP contribution is -2.45. The van der Waals surface area contributed by atoms with Crippen LogP contribution in [0.1, 0.15) is 98.8 Å². The van der Waals surface area contributed by atoms with Crippen molar-refractivity contribution >= 4 is 10.4 Å². The summed E-state index contributed by atoms with van der Waals surface area (Å²) in [6.45, 7) is 8.80. The second kappa shape index (κ2) is 20.3. The van der Waals surface area contributed by atoms with E-state index in [-0.39, 0.29) is 19.3 Å². The molecule has 0 heterocycles. The van der Waals surface area contributed by atoms with Crippen molar-refractivity contribution in [2.24, 2.45) is 0 Å². The molecule has 0 saturated carbocycles. The Labute approximate surface area is 189 Å². The summed E-state index contributed by atoms with van der Waals surface area (Å²) >= 11 is 0. The zero-order valence-corrected chi connectivity index (χ0v) is 20.9. The summed E-state index contributed by atoms with van der Waals surface area (Å²) in [7, 11) is -4.34. The normalized spacial score (nSPS) is 15.8. The quantitative estimate of drug-likeness (QED) is 0.134. The minimum atomic E-state index is -4.34. The predicted octanol–water partition coefficient (Wildman–Crippen LogP) is 3.44. The minimum Gasteiger partial charge on any atom is -0.379 e. The van der Waals surface area contributed by atoms with Gasteiger partial charge in [-0.05, 0) is 33.6 Å². The fourth-order valence-electron chi connectivity index (χ4n) is 3.20. The molecule has 9 nitrogen and oxygen atoms in total. The summed E-state index contributed by atoms with van der Waals surface area (Å²) in [6.07, 6.45) is 9.85. The number of nitrogens with zero attached hydrogens (tertiary/aromatic N) is 1. The molecule has 0 saturated heterocycles. The van der Waals surface area contributed by atoms with Crippen molar-refractivity contribution in [3.8, 4) is 0 Å². The van der Waals surface area contributed by atoms with Gasteiger partial charge in [0.1, 0.15) is 18.7 Å². The Balaban J connectivity index is 0. The van der Waals surface area contributed by atoms with Crippen LogP contribution < -0.4 is 0 Å². The zero-order valence-electron chi connectivity index (χ0n) is 20.1. The van der Waals surface area contributed by atoms with Gasteiger partial charge in [-0.3, -0.25) is 4.55 Å². The molecule has 0 aliphatic heterocycles. The van der Waals surface area contributed by atoms with E-state index in [1.54, 1.807) is 0 Å². The first kappa shape index (κ1) is 32.8. The van der Waals surface area contributed by atoms with E-state index in [1.807, 2.05) is 0 Å². The van der Waals surface area contributed by atoms with Crippen LogP contribution in [0.2, 0.25) is 0 Å². The second-order valence-corrected chi connectivity index (χ2v) is 8.85. The van der Waals surface area contributed by atoms with Crippen LogP contribution in [-0.2, 0) is 19.3 Å².